The van der Waals surface area contributed by atoms with E-state index in [2.05, 4.69) is 46.4 Å². The first-order valence-electron chi connectivity index (χ1n) is 11.5. The molecule has 0 saturated carbocycles. The van der Waals surface area contributed by atoms with Gasteiger partial charge >= 0.3 is 5.97 Å². The maximum atomic E-state index is 13.3. The molecule has 0 unspecified atom stereocenters. The van der Waals surface area contributed by atoms with E-state index in [1.165, 1.54) is 5.56 Å². The third-order valence-corrected chi connectivity index (χ3v) is 6.48. The Bertz CT molecular complexity index is 1140. The molecule has 0 atom stereocenters. The zero-order valence-electron chi connectivity index (χ0n) is 18.9. The Balaban J connectivity index is 1.74. The van der Waals surface area contributed by atoms with Crippen LogP contribution in [0.2, 0.25) is 0 Å². The number of carbonyl (C=O) groups is 1. The SMILES string of the molecule is CCOC(=O)c1c(Cc2ccccc2)nc2cc3c(cc2c1N1CCN(C)CC1)NCC3. The van der Waals surface area contributed by atoms with Crippen molar-refractivity contribution in [3.8, 4) is 0 Å². The van der Waals surface area contributed by atoms with E-state index in [1.807, 2.05) is 25.1 Å². The normalized spacial score (nSPS) is 16.1. The lowest BCUT2D eigenvalue weighted by molar-refractivity contribution is 0.0525. The highest BCUT2D eigenvalue weighted by molar-refractivity contribution is 6.07. The zero-order valence-corrected chi connectivity index (χ0v) is 18.9. The van der Waals surface area contributed by atoms with Crippen molar-refractivity contribution >= 4 is 28.2 Å². The van der Waals surface area contributed by atoms with Gasteiger partial charge in [-0.1, -0.05) is 30.3 Å². The molecule has 5 rings (SSSR count). The summed E-state index contributed by atoms with van der Waals surface area (Å²) in [6, 6.07) is 14.6. The van der Waals surface area contributed by atoms with Crippen molar-refractivity contribution in [3.05, 3.63) is 64.8 Å². The molecule has 6 nitrogen and oxygen atoms in total. The van der Waals surface area contributed by atoms with Crippen LogP contribution in [0, 0.1) is 0 Å². The third-order valence-electron chi connectivity index (χ3n) is 6.48. The second-order valence-corrected chi connectivity index (χ2v) is 8.66. The third kappa shape index (κ3) is 3.91. The van der Waals surface area contributed by atoms with Gasteiger partial charge in [-0.2, -0.15) is 0 Å². The van der Waals surface area contributed by atoms with Crippen LogP contribution >= 0.6 is 0 Å². The molecule has 6 heteroatoms. The van der Waals surface area contributed by atoms with Crippen LogP contribution in [0.1, 0.15) is 34.1 Å². The molecule has 2 aliphatic rings. The lowest BCUT2D eigenvalue weighted by Gasteiger charge is -2.36. The predicted octanol–water partition coefficient (Wildman–Crippen LogP) is 3.72. The van der Waals surface area contributed by atoms with Crippen molar-refractivity contribution in [1.82, 2.24) is 9.88 Å². The number of fused-ring (bicyclic) bond motifs is 2. The highest BCUT2D eigenvalue weighted by Gasteiger charge is 2.28. The number of nitrogens with zero attached hydrogens (tertiary/aromatic N) is 3. The summed E-state index contributed by atoms with van der Waals surface area (Å²) < 4.78 is 5.57. The number of anilines is 2. The van der Waals surface area contributed by atoms with E-state index < -0.39 is 0 Å². The van der Waals surface area contributed by atoms with Crippen LogP contribution in [0.3, 0.4) is 0 Å². The summed E-state index contributed by atoms with van der Waals surface area (Å²) in [7, 11) is 2.14. The first kappa shape index (κ1) is 20.8. The Morgan fingerprint density at radius 2 is 1.91 bits per heavy atom. The summed E-state index contributed by atoms with van der Waals surface area (Å²) >= 11 is 0. The van der Waals surface area contributed by atoms with Gasteiger partial charge in [-0.15, -0.1) is 0 Å². The molecule has 0 spiro atoms. The van der Waals surface area contributed by atoms with Crippen molar-refractivity contribution in [3.63, 3.8) is 0 Å². The van der Waals surface area contributed by atoms with Crippen LogP contribution in [-0.2, 0) is 17.6 Å². The summed E-state index contributed by atoms with van der Waals surface area (Å²) in [6.07, 6.45) is 1.60. The molecule has 3 heterocycles. The fourth-order valence-electron chi connectivity index (χ4n) is 4.78. The number of pyridine rings is 1. The van der Waals surface area contributed by atoms with Crippen LogP contribution in [0.15, 0.2) is 42.5 Å². The minimum absolute atomic E-state index is 0.282. The first-order chi connectivity index (χ1) is 15.6. The molecule has 1 aromatic heterocycles. The number of piperazine rings is 1. The van der Waals surface area contributed by atoms with E-state index in [-0.39, 0.29) is 5.97 Å². The molecular formula is C26H30N4O2. The standard InChI is InChI=1S/C26H30N4O2/c1-3-32-26(31)24-23(15-18-7-5-4-6-8-18)28-22-16-19-9-10-27-21(19)17-20(22)25(24)30-13-11-29(2)12-14-30/h4-8,16-17,27H,3,9-15H2,1-2H3. The number of aromatic nitrogens is 1. The summed E-state index contributed by atoms with van der Waals surface area (Å²) in [5, 5.41) is 4.52. The Labute approximate surface area is 189 Å². The quantitative estimate of drug-likeness (QED) is 0.623. The number of hydrogen-bond donors (Lipinski definition) is 1. The van der Waals surface area contributed by atoms with Crippen molar-refractivity contribution in [1.29, 1.82) is 0 Å². The summed E-state index contributed by atoms with van der Waals surface area (Å²) in [6.45, 7) is 6.81. The van der Waals surface area contributed by atoms with Gasteiger partial charge in [0.25, 0.3) is 0 Å². The number of carbonyl (C=O) groups excluding carboxylic acids is 1. The summed E-state index contributed by atoms with van der Waals surface area (Å²) in [5.74, 6) is -0.282. The first-order valence-corrected chi connectivity index (χ1v) is 11.5. The average molecular weight is 431 g/mol. The Morgan fingerprint density at radius 3 is 2.66 bits per heavy atom. The second-order valence-electron chi connectivity index (χ2n) is 8.66. The molecule has 32 heavy (non-hydrogen) atoms. The number of esters is 1. The van der Waals surface area contributed by atoms with Crippen LogP contribution < -0.4 is 10.2 Å². The molecule has 0 aliphatic carbocycles. The zero-order chi connectivity index (χ0) is 22.1. The van der Waals surface area contributed by atoms with Crippen LogP contribution in [0.25, 0.3) is 10.9 Å². The molecular weight excluding hydrogens is 400 g/mol. The van der Waals surface area contributed by atoms with Gasteiger partial charge in [-0.3, -0.25) is 4.98 Å². The van der Waals surface area contributed by atoms with E-state index in [0.29, 0.717) is 18.6 Å². The maximum Gasteiger partial charge on any atom is 0.342 e. The van der Waals surface area contributed by atoms with Crippen molar-refractivity contribution in [2.24, 2.45) is 0 Å². The molecule has 0 bridgehead atoms. The number of likely N-dealkylation sites (N-methyl/N-ethyl adjacent to an activating group) is 1. The van der Waals surface area contributed by atoms with Gasteiger partial charge in [0.1, 0.15) is 5.56 Å². The molecule has 3 aromatic rings. The minimum Gasteiger partial charge on any atom is -0.462 e. The van der Waals surface area contributed by atoms with Gasteiger partial charge in [0.05, 0.1) is 23.5 Å². The number of hydrogen-bond acceptors (Lipinski definition) is 6. The molecule has 166 valence electrons. The minimum atomic E-state index is -0.282. The van der Waals surface area contributed by atoms with Crippen molar-refractivity contribution in [2.45, 2.75) is 19.8 Å². The van der Waals surface area contributed by atoms with Gasteiger partial charge in [0, 0.05) is 50.2 Å². The van der Waals surface area contributed by atoms with Crippen molar-refractivity contribution < 1.29 is 9.53 Å². The lowest BCUT2D eigenvalue weighted by Crippen LogP contribution is -2.45. The average Bonchev–Trinajstić information content (AvgIpc) is 3.26. The highest BCUT2D eigenvalue weighted by atomic mass is 16.5. The van der Waals surface area contributed by atoms with Gasteiger partial charge in [0.2, 0.25) is 0 Å². The predicted molar refractivity (Wildman–Crippen MR) is 129 cm³/mol. The fraction of sp³-hybridized carbons (Fsp3) is 0.385. The smallest absolute Gasteiger partial charge is 0.342 e. The molecule has 1 N–H and O–H groups in total. The molecule has 2 aliphatic heterocycles. The van der Waals surface area contributed by atoms with Gasteiger partial charge in [0.15, 0.2) is 0 Å². The van der Waals surface area contributed by atoms with E-state index in [1.54, 1.807) is 0 Å². The highest BCUT2D eigenvalue weighted by Crippen LogP contribution is 2.38. The second kappa shape index (κ2) is 8.79. The Morgan fingerprint density at radius 1 is 1.12 bits per heavy atom. The summed E-state index contributed by atoms with van der Waals surface area (Å²) in [5.41, 5.74) is 6.93. The maximum absolute atomic E-state index is 13.3. The number of benzene rings is 2. The van der Waals surface area contributed by atoms with E-state index in [9.17, 15) is 4.79 Å². The monoisotopic (exact) mass is 430 g/mol. The molecule has 2 aromatic carbocycles. The number of ether oxygens (including phenoxy) is 1. The Kier molecular flexibility index (Phi) is 5.70. The largest absolute Gasteiger partial charge is 0.462 e. The number of rotatable bonds is 5. The summed E-state index contributed by atoms with van der Waals surface area (Å²) in [4.78, 5) is 23.1. The fourth-order valence-corrected chi connectivity index (χ4v) is 4.78. The van der Waals surface area contributed by atoms with Crippen LogP contribution in [0.5, 0.6) is 0 Å². The Hall–Kier alpha value is -3.12. The van der Waals surface area contributed by atoms with Crippen LogP contribution in [-0.4, -0.2) is 62.2 Å². The molecule has 0 amide bonds. The number of nitrogens with one attached hydrogen (secondary N) is 1. The van der Waals surface area contributed by atoms with E-state index in [4.69, 9.17) is 9.72 Å². The molecule has 1 fully saturated rings. The van der Waals surface area contributed by atoms with Gasteiger partial charge in [-0.05, 0) is 43.7 Å². The van der Waals surface area contributed by atoms with E-state index in [0.717, 1.165) is 72.7 Å². The van der Waals surface area contributed by atoms with E-state index >= 15 is 0 Å². The molecule has 1 saturated heterocycles. The van der Waals surface area contributed by atoms with Gasteiger partial charge in [-0.25, -0.2) is 4.79 Å². The van der Waals surface area contributed by atoms with Gasteiger partial charge < -0.3 is 19.9 Å². The lowest BCUT2D eigenvalue weighted by atomic mass is 9.98. The van der Waals surface area contributed by atoms with Crippen molar-refractivity contribution in [2.75, 3.05) is 56.6 Å². The van der Waals surface area contributed by atoms with Crippen LogP contribution in [0.4, 0.5) is 11.4 Å². The molecule has 0 radical (unpaired) electrons. The topological polar surface area (TPSA) is 57.7 Å².